The molecule has 0 aromatic heterocycles. The van der Waals surface area contributed by atoms with Gasteiger partial charge in [-0.25, -0.2) is 5.14 Å². The Balaban J connectivity index is 0.00000110. The van der Waals surface area contributed by atoms with Crippen LogP contribution in [0.15, 0.2) is 12.1 Å². The standard InChI is InChI=1S/C18H32O2Si.H3NO3S/c1-12(2)15-10-14(11-16(13(3)4)17(15)19)20-21(8,9)18(5,6)7;1-5(2,3)4/h10-13,19H,1-9H3;(H3,1,2,3,4). The molecule has 4 N–H and O–H groups in total. The third kappa shape index (κ3) is 8.07. The Morgan fingerprint density at radius 1 is 1.04 bits per heavy atom. The quantitative estimate of drug-likeness (QED) is 0.493. The lowest BCUT2D eigenvalue weighted by atomic mass is 9.93. The SMILES string of the molecule is CC(C)c1cc(O[Si](C)(C)C(C)(C)C)cc(C(C)C)c1O.NS(=O)(=O)O. The number of nitrogens with two attached hydrogens (primary N) is 1. The van der Waals surface area contributed by atoms with Gasteiger partial charge in [0.25, 0.3) is 0 Å². The molecule has 0 saturated carbocycles. The summed E-state index contributed by atoms with van der Waals surface area (Å²) in [6.45, 7) is 19.7. The summed E-state index contributed by atoms with van der Waals surface area (Å²) in [7, 11) is -6.03. The van der Waals surface area contributed by atoms with E-state index in [4.69, 9.17) is 17.4 Å². The van der Waals surface area contributed by atoms with Crippen molar-refractivity contribution < 1.29 is 22.5 Å². The van der Waals surface area contributed by atoms with Gasteiger partial charge in [-0.1, -0.05) is 48.5 Å². The number of phenols is 1. The predicted octanol–water partition coefficient (Wildman–Crippen LogP) is 4.77. The van der Waals surface area contributed by atoms with Crippen molar-refractivity contribution in [2.24, 2.45) is 5.14 Å². The minimum Gasteiger partial charge on any atom is -0.543 e. The first-order valence-electron chi connectivity index (χ1n) is 8.67. The average Bonchev–Trinajstić information content (AvgIpc) is 2.36. The molecular weight excluding hydrogens is 370 g/mol. The van der Waals surface area contributed by atoms with Gasteiger partial charge in [0, 0.05) is 11.1 Å². The van der Waals surface area contributed by atoms with Crippen LogP contribution in [0.1, 0.15) is 71.4 Å². The highest BCUT2D eigenvalue weighted by Crippen LogP contribution is 2.41. The van der Waals surface area contributed by atoms with Gasteiger partial charge in [-0.15, -0.1) is 0 Å². The second kappa shape index (κ2) is 8.73. The monoisotopic (exact) mass is 405 g/mol. The molecule has 0 aliphatic heterocycles. The fourth-order valence-electron chi connectivity index (χ4n) is 2.04. The van der Waals surface area contributed by atoms with E-state index in [0.29, 0.717) is 5.75 Å². The van der Waals surface area contributed by atoms with E-state index in [1.165, 1.54) is 0 Å². The van der Waals surface area contributed by atoms with E-state index in [0.717, 1.165) is 16.9 Å². The number of benzene rings is 1. The molecule has 0 amide bonds. The van der Waals surface area contributed by atoms with Crippen LogP contribution >= 0.6 is 0 Å². The van der Waals surface area contributed by atoms with Crippen molar-refractivity contribution in [2.45, 2.75) is 78.4 Å². The molecule has 1 aromatic carbocycles. The smallest absolute Gasteiger partial charge is 0.330 e. The molecule has 8 heteroatoms. The van der Waals surface area contributed by atoms with E-state index in [9.17, 15) is 5.11 Å². The van der Waals surface area contributed by atoms with Gasteiger partial charge >= 0.3 is 10.3 Å². The molecule has 0 aliphatic rings. The first kappa shape index (κ1) is 24.9. The Kier molecular flexibility index (Phi) is 8.36. The summed E-state index contributed by atoms with van der Waals surface area (Å²) in [5.41, 5.74) is 1.96. The van der Waals surface area contributed by atoms with Crippen molar-refractivity contribution in [3.8, 4) is 11.5 Å². The lowest BCUT2D eigenvalue weighted by Gasteiger charge is -2.37. The Morgan fingerprint density at radius 2 is 1.35 bits per heavy atom. The molecular formula is C18H35NO5SSi. The molecule has 0 fully saturated rings. The summed E-state index contributed by atoms with van der Waals surface area (Å²) in [6, 6.07) is 4.04. The van der Waals surface area contributed by atoms with Crippen LogP contribution in [0.2, 0.25) is 18.1 Å². The zero-order chi connectivity index (χ0) is 21.1. The Labute approximate surface area is 159 Å². The number of rotatable bonds is 4. The topological polar surface area (TPSA) is 110 Å². The van der Waals surface area contributed by atoms with E-state index in [1.54, 1.807) is 0 Å². The van der Waals surface area contributed by atoms with E-state index < -0.39 is 18.6 Å². The molecule has 0 atom stereocenters. The van der Waals surface area contributed by atoms with Gasteiger partial charge in [0.15, 0.2) is 0 Å². The zero-order valence-corrected chi connectivity index (χ0v) is 19.2. The minimum absolute atomic E-state index is 0.168. The summed E-state index contributed by atoms with van der Waals surface area (Å²) in [5, 5.41) is 14.5. The second-order valence-corrected chi connectivity index (χ2v) is 14.4. The van der Waals surface area contributed by atoms with Gasteiger partial charge in [0.05, 0.1) is 0 Å². The van der Waals surface area contributed by atoms with Gasteiger partial charge in [-0.3, -0.25) is 4.55 Å². The fraction of sp³-hybridized carbons (Fsp3) is 0.667. The van der Waals surface area contributed by atoms with Crippen molar-refractivity contribution in [2.75, 3.05) is 0 Å². The van der Waals surface area contributed by atoms with Crippen LogP contribution in [0.25, 0.3) is 0 Å². The molecule has 0 saturated heterocycles. The molecule has 0 unspecified atom stereocenters. The maximum Gasteiger partial charge on any atom is 0.330 e. The highest BCUT2D eigenvalue weighted by atomic mass is 32.2. The summed E-state index contributed by atoms with van der Waals surface area (Å²) in [5.74, 6) is 1.91. The third-order valence-electron chi connectivity index (χ3n) is 4.57. The lowest BCUT2D eigenvalue weighted by molar-refractivity contribution is 0.448. The largest absolute Gasteiger partial charge is 0.543 e. The van der Waals surface area contributed by atoms with Crippen LogP contribution in [-0.2, 0) is 10.3 Å². The van der Waals surface area contributed by atoms with E-state index in [2.05, 4.69) is 66.7 Å². The van der Waals surface area contributed by atoms with Crippen LogP contribution in [-0.4, -0.2) is 26.4 Å². The van der Waals surface area contributed by atoms with Gasteiger partial charge in [0.1, 0.15) is 11.5 Å². The Bertz CT molecular complexity index is 670. The summed E-state index contributed by atoms with van der Waals surface area (Å²) >= 11 is 0. The molecule has 1 rings (SSSR count). The van der Waals surface area contributed by atoms with Crippen LogP contribution in [0.4, 0.5) is 0 Å². The Morgan fingerprint density at radius 3 is 1.58 bits per heavy atom. The van der Waals surface area contributed by atoms with Crippen LogP contribution < -0.4 is 9.56 Å². The molecule has 1 aromatic rings. The zero-order valence-electron chi connectivity index (χ0n) is 17.4. The van der Waals surface area contributed by atoms with Crippen molar-refractivity contribution >= 4 is 18.6 Å². The first-order chi connectivity index (χ1) is 11.4. The average molecular weight is 406 g/mol. The molecule has 0 spiro atoms. The summed E-state index contributed by atoms with van der Waals surface area (Å²) < 4.78 is 31.6. The van der Waals surface area contributed by atoms with E-state index in [-0.39, 0.29) is 16.9 Å². The van der Waals surface area contributed by atoms with Gasteiger partial charge in [-0.2, -0.15) is 8.42 Å². The van der Waals surface area contributed by atoms with Crippen LogP contribution in [0.3, 0.4) is 0 Å². The normalized spacial score (nSPS) is 12.8. The highest BCUT2D eigenvalue weighted by molar-refractivity contribution is 7.83. The van der Waals surface area contributed by atoms with Crippen molar-refractivity contribution in [3.05, 3.63) is 23.3 Å². The van der Waals surface area contributed by atoms with Gasteiger partial charge in [-0.05, 0) is 42.1 Å². The third-order valence-corrected chi connectivity index (χ3v) is 8.92. The molecule has 0 aliphatic carbocycles. The highest BCUT2D eigenvalue weighted by Gasteiger charge is 2.39. The Hall–Kier alpha value is -1.09. The molecule has 152 valence electrons. The first-order valence-corrected chi connectivity index (χ1v) is 13.1. The maximum atomic E-state index is 10.5. The van der Waals surface area contributed by atoms with Crippen molar-refractivity contribution in [3.63, 3.8) is 0 Å². The molecule has 6 nitrogen and oxygen atoms in total. The van der Waals surface area contributed by atoms with Gasteiger partial charge in [0.2, 0.25) is 8.32 Å². The lowest BCUT2D eigenvalue weighted by Crippen LogP contribution is -2.43. The number of aromatic hydroxyl groups is 1. The maximum absolute atomic E-state index is 10.5. The molecule has 0 heterocycles. The van der Waals surface area contributed by atoms with Crippen LogP contribution in [0.5, 0.6) is 11.5 Å². The summed E-state index contributed by atoms with van der Waals surface area (Å²) in [4.78, 5) is 0. The van der Waals surface area contributed by atoms with Crippen molar-refractivity contribution in [1.82, 2.24) is 0 Å². The van der Waals surface area contributed by atoms with E-state index in [1.807, 2.05) is 12.1 Å². The fourth-order valence-corrected chi connectivity index (χ4v) is 3.05. The predicted molar refractivity (Wildman–Crippen MR) is 110 cm³/mol. The van der Waals surface area contributed by atoms with Gasteiger partial charge < -0.3 is 9.53 Å². The molecule has 26 heavy (non-hydrogen) atoms. The van der Waals surface area contributed by atoms with E-state index >= 15 is 0 Å². The molecule has 0 radical (unpaired) electrons. The minimum atomic E-state index is -4.17. The number of phenolic OH excluding ortho intramolecular Hbond substituents is 1. The second-order valence-electron chi connectivity index (χ2n) is 8.64. The summed E-state index contributed by atoms with van der Waals surface area (Å²) in [6.07, 6.45) is 0. The number of hydrogen-bond donors (Lipinski definition) is 3. The number of hydrogen-bond acceptors (Lipinski definition) is 4. The van der Waals surface area contributed by atoms with Crippen LogP contribution in [0, 0.1) is 0 Å². The van der Waals surface area contributed by atoms with Crippen molar-refractivity contribution in [1.29, 1.82) is 0 Å². The molecule has 0 bridgehead atoms.